The first-order chi connectivity index (χ1) is 23.9. The van der Waals surface area contributed by atoms with Crippen LogP contribution in [0.15, 0.2) is 48.8 Å². The van der Waals surface area contributed by atoms with Crippen LogP contribution in [0.25, 0.3) is 22.3 Å². The molecule has 0 unspecified atom stereocenters. The molecule has 5 heterocycles. The molecule has 254 valence electrons. The average molecular weight is 660 g/mol. The Morgan fingerprint density at radius 1 is 0.959 bits per heavy atom. The fourth-order valence-corrected chi connectivity index (χ4v) is 8.81. The molecule has 2 N–H and O–H groups in total. The van der Waals surface area contributed by atoms with Crippen molar-refractivity contribution in [2.45, 2.75) is 88.3 Å². The van der Waals surface area contributed by atoms with Crippen LogP contribution in [0.4, 0.5) is 17.2 Å². The van der Waals surface area contributed by atoms with E-state index in [1.54, 1.807) is 7.05 Å². The zero-order chi connectivity index (χ0) is 33.3. The fourth-order valence-electron chi connectivity index (χ4n) is 8.81. The van der Waals surface area contributed by atoms with Gasteiger partial charge in [-0.15, -0.1) is 0 Å². The number of fused-ring (bicyclic) bond motifs is 3. The number of imidazole rings is 1. The molecule has 4 aromatic rings. The van der Waals surface area contributed by atoms with Gasteiger partial charge in [-0.05, 0) is 107 Å². The monoisotopic (exact) mass is 659 g/mol. The first-order valence-corrected chi connectivity index (χ1v) is 18.2. The van der Waals surface area contributed by atoms with Gasteiger partial charge in [-0.3, -0.25) is 9.59 Å². The van der Waals surface area contributed by atoms with Gasteiger partial charge in [0.25, 0.3) is 5.91 Å². The number of pyridine rings is 1. The highest BCUT2D eigenvalue weighted by Gasteiger charge is 2.55. The predicted octanol–water partition coefficient (Wildman–Crippen LogP) is 6.26. The Bertz CT molecular complexity index is 1950. The molecule has 2 aliphatic carbocycles. The standard InChI is InChI=1S/C39H45N7O3/c1-24-6-8-26(19-30(24)37(47)40-2)42-36-35-33(41-23-45(35)27-9-10-27)22-32(43-36)25-7-11-31-34(18-25)46(38(48)39(31)12-16-49-17-13-39)29-20-28(21-29)44-14-4-3-5-15-44/h6-8,11,18-19,22-23,27-29H,3-5,9-10,12-17,20-21H2,1-2H3,(H,40,47)(H,42,43)/t28-,29+. The summed E-state index contributed by atoms with van der Waals surface area (Å²) in [5, 5.41) is 6.32. The minimum atomic E-state index is -0.511. The van der Waals surface area contributed by atoms with Crippen molar-refractivity contribution in [2.24, 2.45) is 0 Å². The second-order valence-electron chi connectivity index (χ2n) is 14.8. The van der Waals surface area contributed by atoms with E-state index in [2.05, 4.69) is 49.3 Å². The molecule has 3 aliphatic heterocycles. The average Bonchev–Trinajstić information content (AvgIpc) is 3.83. The van der Waals surface area contributed by atoms with E-state index in [-0.39, 0.29) is 17.9 Å². The van der Waals surface area contributed by atoms with Gasteiger partial charge in [0.1, 0.15) is 5.52 Å². The Hall–Kier alpha value is -4.28. The van der Waals surface area contributed by atoms with Crippen molar-refractivity contribution in [3.05, 3.63) is 65.5 Å². The molecule has 10 nitrogen and oxygen atoms in total. The number of benzene rings is 2. The molecule has 49 heavy (non-hydrogen) atoms. The summed E-state index contributed by atoms with van der Waals surface area (Å²) >= 11 is 0. The zero-order valence-corrected chi connectivity index (χ0v) is 28.5. The van der Waals surface area contributed by atoms with Crippen LogP contribution < -0.4 is 15.5 Å². The molecule has 10 heteroatoms. The third-order valence-corrected chi connectivity index (χ3v) is 11.9. The second-order valence-corrected chi connectivity index (χ2v) is 14.8. The van der Waals surface area contributed by atoms with Crippen LogP contribution in [0.3, 0.4) is 0 Å². The molecule has 5 aliphatic rings. The normalized spacial score (nSPS) is 23.5. The lowest BCUT2D eigenvalue weighted by atomic mass is 9.75. The van der Waals surface area contributed by atoms with Gasteiger partial charge in [0.2, 0.25) is 5.91 Å². The van der Waals surface area contributed by atoms with Gasteiger partial charge < -0.3 is 29.7 Å². The van der Waals surface area contributed by atoms with Crippen LogP contribution in [-0.2, 0) is 14.9 Å². The summed E-state index contributed by atoms with van der Waals surface area (Å²) in [6, 6.07) is 15.6. The van der Waals surface area contributed by atoms with Crippen molar-refractivity contribution < 1.29 is 14.3 Å². The first kappa shape index (κ1) is 30.8. The molecule has 0 radical (unpaired) electrons. The number of likely N-dealkylation sites (tertiary alicyclic amines) is 1. The highest BCUT2D eigenvalue weighted by atomic mass is 16.5. The molecule has 0 bridgehead atoms. The quantitative estimate of drug-likeness (QED) is 0.242. The molecular formula is C39H45N7O3. The molecular weight excluding hydrogens is 614 g/mol. The largest absolute Gasteiger partial charge is 0.381 e. The summed E-state index contributed by atoms with van der Waals surface area (Å²) in [6.07, 6.45) is 11.6. The molecule has 2 saturated carbocycles. The number of nitrogens with one attached hydrogen (secondary N) is 2. The number of aryl methyl sites for hydroxylation is 1. The van der Waals surface area contributed by atoms with Crippen molar-refractivity contribution in [1.29, 1.82) is 0 Å². The Morgan fingerprint density at radius 2 is 1.76 bits per heavy atom. The summed E-state index contributed by atoms with van der Waals surface area (Å²) in [5.74, 6) is 0.843. The van der Waals surface area contributed by atoms with E-state index in [1.807, 2.05) is 31.5 Å². The van der Waals surface area contributed by atoms with Gasteiger partial charge in [0.15, 0.2) is 5.82 Å². The van der Waals surface area contributed by atoms with Gasteiger partial charge in [-0.1, -0.05) is 24.6 Å². The Labute approximate surface area is 287 Å². The lowest BCUT2D eigenvalue weighted by Crippen LogP contribution is -2.57. The number of nitrogens with zero attached hydrogens (tertiary/aromatic N) is 5. The van der Waals surface area contributed by atoms with Crippen molar-refractivity contribution in [3.63, 3.8) is 0 Å². The second kappa shape index (κ2) is 11.9. The predicted molar refractivity (Wildman–Crippen MR) is 191 cm³/mol. The lowest BCUT2D eigenvalue weighted by molar-refractivity contribution is -0.127. The number of rotatable bonds is 7. The maximum Gasteiger partial charge on any atom is 0.251 e. The zero-order valence-electron chi connectivity index (χ0n) is 28.5. The Balaban J connectivity index is 1.10. The summed E-state index contributed by atoms with van der Waals surface area (Å²) in [5.41, 5.74) is 7.60. The highest BCUT2D eigenvalue weighted by Crippen LogP contribution is 2.52. The minimum Gasteiger partial charge on any atom is -0.381 e. The van der Waals surface area contributed by atoms with E-state index >= 15 is 0 Å². The highest BCUT2D eigenvalue weighted by molar-refractivity contribution is 6.09. The number of carbonyl (C=O) groups excluding carboxylic acids is 2. The number of piperidine rings is 1. The number of amides is 2. The smallest absolute Gasteiger partial charge is 0.251 e. The van der Waals surface area contributed by atoms with Crippen LogP contribution in [0, 0.1) is 6.92 Å². The van der Waals surface area contributed by atoms with E-state index in [4.69, 9.17) is 14.7 Å². The fraction of sp³-hybridized carbons (Fsp3) is 0.487. The van der Waals surface area contributed by atoms with Crippen LogP contribution in [0.5, 0.6) is 0 Å². The molecule has 1 spiro atoms. The minimum absolute atomic E-state index is 0.121. The summed E-state index contributed by atoms with van der Waals surface area (Å²) in [7, 11) is 1.65. The number of ether oxygens (including phenoxy) is 1. The Kier molecular flexibility index (Phi) is 7.50. The van der Waals surface area contributed by atoms with Crippen molar-refractivity contribution in [2.75, 3.05) is 43.6 Å². The van der Waals surface area contributed by atoms with Crippen LogP contribution in [-0.4, -0.2) is 76.7 Å². The van der Waals surface area contributed by atoms with E-state index in [0.29, 0.717) is 36.7 Å². The van der Waals surface area contributed by atoms with Crippen molar-refractivity contribution in [1.82, 2.24) is 24.8 Å². The summed E-state index contributed by atoms with van der Waals surface area (Å²) in [6.45, 7) is 5.53. The molecule has 2 amide bonds. The number of carbonyl (C=O) groups is 2. The number of aromatic nitrogens is 3. The lowest BCUT2D eigenvalue weighted by Gasteiger charge is -2.48. The van der Waals surface area contributed by atoms with E-state index in [0.717, 1.165) is 83.3 Å². The van der Waals surface area contributed by atoms with Crippen LogP contribution in [0.1, 0.15) is 85.3 Å². The van der Waals surface area contributed by atoms with Crippen molar-refractivity contribution >= 4 is 40.0 Å². The van der Waals surface area contributed by atoms with E-state index < -0.39 is 5.41 Å². The maximum absolute atomic E-state index is 14.5. The van der Waals surface area contributed by atoms with Crippen LogP contribution >= 0.6 is 0 Å². The van der Waals surface area contributed by atoms with Gasteiger partial charge >= 0.3 is 0 Å². The number of hydrogen-bond donors (Lipinski definition) is 2. The Morgan fingerprint density at radius 3 is 2.51 bits per heavy atom. The molecule has 4 fully saturated rings. The summed E-state index contributed by atoms with van der Waals surface area (Å²) in [4.78, 5) is 42.1. The molecule has 9 rings (SSSR count). The van der Waals surface area contributed by atoms with Gasteiger partial charge in [0, 0.05) is 60.9 Å². The molecule has 2 saturated heterocycles. The van der Waals surface area contributed by atoms with Gasteiger partial charge in [-0.25, -0.2) is 9.97 Å². The summed E-state index contributed by atoms with van der Waals surface area (Å²) < 4.78 is 8.01. The van der Waals surface area contributed by atoms with Crippen molar-refractivity contribution in [3.8, 4) is 11.3 Å². The number of anilines is 3. The molecule has 2 aromatic heterocycles. The van der Waals surface area contributed by atoms with E-state index in [9.17, 15) is 9.59 Å². The van der Waals surface area contributed by atoms with E-state index in [1.165, 1.54) is 32.4 Å². The van der Waals surface area contributed by atoms with Gasteiger partial charge in [0.05, 0.1) is 23.0 Å². The molecule has 0 atom stereocenters. The number of hydrogen-bond acceptors (Lipinski definition) is 7. The first-order valence-electron chi connectivity index (χ1n) is 18.2. The SMILES string of the molecule is CNC(=O)c1cc(Nc2nc(-c3ccc4c(c3)N([C@H]3C[C@@H](N5CCCCC5)C3)C(=O)C43CCOCC3)cc3ncn(C4CC4)c23)ccc1C. The van der Waals surface area contributed by atoms with Crippen LogP contribution in [0.2, 0.25) is 0 Å². The maximum atomic E-state index is 14.5. The topological polar surface area (TPSA) is 105 Å². The third kappa shape index (κ3) is 5.14. The van der Waals surface area contributed by atoms with Gasteiger partial charge in [-0.2, -0.15) is 0 Å². The molecule has 2 aromatic carbocycles. The third-order valence-electron chi connectivity index (χ3n) is 11.9.